The summed E-state index contributed by atoms with van der Waals surface area (Å²) in [4.78, 5) is 45.9. The second kappa shape index (κ2) is 22.2. The van der Waals surface area contributed by atoms with E-state index in [9.17, 15) is 39.6 Å². The van der Waals surface area contributed by atoms with Crippen molar-refractivity contribution in [2.24, 2.45) is 0 Å². The number of hydrogen-bond donors (Lipinski definition) is 4. The van der Waals surface area contributed by atoms with Gasteiger partial charge in [0.2, 0.25) is 0 Å². The molecule has 372 valence electrons. The van der Waals surface area contributed by atoms with Crippen molar-refractivity contribution in [3.63, 3.8) is 0 Å². The van der Waals surface area contributed by atoms with E-state index in [4.69, 9.17) is 0 Å². The first-order valence-corrected chi connectivity index (χ1v) is 22.8. The first-order valence-electron chi connectivity index (χ1n) is 22.8. The van der Waals surface area contributed by atoms with Gasteiger partial charge in [-0.05, 0) is 134 Å². The summed E-state index contributed by atoms with van der Waals surface area (Å²) in [6.45, 7) is 46.4. The molecule has 4 aromatic carbocycles. The molecular formula is C59H88O8. The molecule has 0 unspecified atom stereocenters. The van der Waals surface area contributed by atoms with Crippen molar-refractivity contribution in [2.45, 2.75) is 206 Å². The Balaban J connectivity index is 0.000000866. The second-order valence-corrected chi connectivity index (χ2v) is 23.9. The second-order valence-electron chi connectivity index (χ2n) is 23.9. The fourth-order valence-corrected chi connectivity index (χ4v) is 7.07. The minimum atomic E-state index is -0.185. The lowest BCUT2D eigenvalue weighted by molar-refractivity contribution is 0.100. The van der Waals surface area contributed by atoms with Crippen LogP contribution in [0.2, 0.25) is 0 Å². The van der Waals surface area contributed by atoms with Crippen LogP contribution in [0.5, 0.6) is 23.0 Å². The van der Waals surface area contributed by atoms with Crippen LogP contribution >= 0.6 is 0 Å². The molecule has 0 heterocycles. The van der Waals surface area contributed by atoms with Gasteiger partial charge in [0.15, 0.2) is 23.1 Å². The number of benzene rings is 4. The number of hydrogen-bond acceptors (Lipinski definition) is 8. The van der Waals surface area contributed by atoms with Crippen LogP contribution in [0.3, 0.4) is 0 Å². The van der Waals surface area contributed by atoms with Gasteiger partial charge in [0.1, 0.15) is 23.0 Å². The van der Waals surface area contributed by atoms with E-state index in [1.165, 1.54) is 13.8 Å². The Hall–Kier alpha value is -5.24. The molecule has 8 heteroatoms. The Kier molecular flexibility index (Phi) is 20.5. The minimum Gasteiger partial charge on any atom is -0.507 e. The molecule has 8 nitrogen and oxygen atoms in total. The molecule has 0 aliphatic heterocycles. The van der Waals surface area contributed by atoms with Crippen molar-refractivity contribution in [3.05, 3.63) is 115 Å². The van der Waals surface area contributed by atoms with E-state index in [2.05, 4.69) is 0 Å². The predicted octanol–water partition coefficient (Wildman–Crippen LogP) is 15.4. The molecule has 0 saturated heterocycles. The minimum absolute atomic E-state index is 0. The number of phenols is 4. The Morgan fingerprint density at radius 2 is 0.433 bits per heavy atom. The monoisotopic (exact) mass is 925 g/mol. The fourth-order valence-electron chi connectivity index (χ4n) is 7.07. The van der Waals surface area contributed by atoms with Gasteiger partial charge in [-0.15, -0.1) is 0 Å². The lowest BCUT2D eigenvalue weighted by Gasteiger charge is -2.27. The highest BCUT2D eigenvalue weighted by Crippen LogP contribution is 2.42. The van der Waals surface area contributed by atoms with E-state index in [1.807, 2.05) is 163 Å². The van der Waals surface area contributed by atoms with Crippen molar-refractivity contribution in [3.8, 4) is 23.0 Å². The summed E-state index contributed by atoms with van der Waals surface area (Å²) in [7, 11) is 0. The molecule has 0 aliphatic rings. The third-order valence-electron chi connectivity index (χ3n) is 11.3. The standard InChI is InChI=1S/2C16H24O2.2C13H18O2.CH4/c2*1-10(17)11-8-12(15(2,3)4)14(18)13(9-11)16(5,6)7;2*1-8-6-10(9(2)14)7-11(12(8)15)13(3,4)5;/h2*8-9,18H,1-7H3;2*6-7,15H,1-5H3;1H4. The highest BCUT2D eigenvalue weighted by atomic mass is 16.3. The lowest BCUT2D eigenvalue weighted by Crippen LogP contribution is -2.18. The molecular weight excluding hydrogens is 837 g/mol. The Morgan fingerprint density at radius 1 is 0.299 bits per heavy atom. The zero-order valence-electron chi connectivity index (χ0n) is 45.0. The van der Waals surface area contributed by atoms with Gasteiger partial charge in [-0.25, -0.2) is 0 Å². The maximum Gasteiger partial charge on any atom is 0.159 e. The van der Waals surface area contributed by atoms with E-state index in [0.717, 1.165) is 44.5 Å². The van der Waals surface area contributed by atoms with Gasteiger partial charge in [-0.1, -0.05) is 132 Å². The quantitative estimate of drug-likeness (QED) is 0.148. The molecule has 0 saturated carbocycles. The van der Waals surface area contributed by atoms with E-state index >= 15 is 0 Å². The number of rotatable bonds is 4. The van der Waals surface area contributed by atoms with Crippen molar-refractivity contribution in [1.82, 2.24) is 0 Å². The molecule has 0 atom stereocenters. The van der Waals surface area contributed by atoms with Crippen LogP contribution < -0.4 is 0 Å². The average molecular weight is 925 g/mol. The molecule has 0 aliphatic carbocycles. The molecule has 0 amide bonds. The number of ketones is 4. The zero-order chi connectivity index (χ0) is 52.2. The van der Waals surface area contributed by atoms with Gasteiger partial charge < -0.3 is 20.4 Å². The van der Waals surface area contributed by atoms with Crippen molar-refractivity contribution in [2.75, 3.05) is 0 Å². The largest absolute Gasteiger partial charge is 0.507 e. The van der Waals surface area contributed by atoms with Crippen molar-refractivity contribution >= 4 is 23.1 Å². The molecule has 0 spiro atoms. The summed E-state index contributed by atoms with van der Waals surface area (Å²) < 4.78 is 0. The third-order valence-corrected chi connectivity index (χ3v) is 11.3. The van der Waals surface area contributed by atoms with E-state index in [1.54, 1.807) is 38.1 Å². The summed E-state index contributed by atoms with van der Waals surface area (Å²) in [5, 5.41) is 40.8. The number of carbonyl (C=O) groups is 4. The predicted molar refractivity (Wildman–Crippen MR) is 281 cm³/mol. The van der Waals surface area contributed by atoms with Gasteiger partial charge in [-0.3, -0.25) is 19.2 Å². The molecule has 0 aromatic heterocycles. The van der Waals surface area contributed by atoms with Crippen molar-refractivity contribution in [1.29, 1.82) is 0 Å². The molecule has 4 aromatic rings. The van der Waals surface area contributed by atoms with E-state index in [0.29, 0.717) is 45.3 Å². The highest BCUT2D eigenvalue weighted by Gasteiger charge is 2.29. The average Bonchev–Trinajstić information content (AvgIpc) is 3.11. The maximum atomic E-state index is 11.6. The van der Waals surface area contributed by atoms with E-state index < -0.39 is 0 Å². The van der Waals surface area contributed by atoms with Crippen LogP contribution in [0.4, 0.5) is 0 Å². The van der Waals surface area contributed by atoms with Crippen LogP contribution in [0, 0.1) is 13.8 Å². The van der Waals surface area contributed by atoms with Gasteiger partial charge in [-0.2, -0.15) is 0 Å². The highest BCUT2D eigenvalue weighted by molar-refractivity contribution is 5.96. The third kappa shape index (κ3) is 17.1. The van der Waals surface area contributed by atoms with Gasteiger partial charge in [0, 0.05) is 55.6 Å². The fraction of sp³-hybridized carbons (Fsp3) is 0.525. The Labute approximate surface area is 405 Å². The summed E-state index contributed by atoms with van der Waals surface area (Å²) in [5.74, 6) is 1.37. The van der Waals surface area contributed by atoms with Crippen LogP contribution in [-0.4, -0.2) is 43.6 Å². The number of phenolic OH excluding ortho intramolecular Hbond substituents is 4. The Morgan fingerprint density at radius 3 is 0.567 bits per heavy atom. The summed E-state index contributed by atoms with van der Waals surface area (Å²) in [5.41, 5.74) is 8.12. The summed E-state index contributed by atoms with van der Waals surface area (Å²) >= 11 is 0. The molecule has 0 fully saturated rings. The molecule has 4 N–H and O–H groups in total. The normalized spacial score (nSPS) is 11.9. The van der Waals surface area contributed by atoms with E-state index in [-0.39, 0.29) is 63.0 Å². The number of Topliss-reactive ketones (excluding diaryl/α,β-unsaturated/α-hetero) is 4. The lowest BCUT2D eigenvalue weighted by atomic mass is 9.78. The zero-order valence-corrected chi connectivity index (χ0v) is 45.0. The topological polar surface area (TPSA) is 149 Å². The number of aryl methyl sites for hydroxylation is 2. The number of carbonyl (C=O) groups excluding carboxylic acids is 4. The van der Waals surface area contributed by atoms with Gasteiger partial charge in [0.25, 0.3) is 0 Å². The summed E-state index contributed by atoms with van der Waals surface area (Å²) in [6.07, 6.45) is 0. The first kappa shape index (κ1) is 61.8. The summed E-state index contributed by atoms with van der Waals surface area (Å²) in [6, 6.07) is 14.3. The van der Waals surface area contributed by atoms with Crippen LogP contribution in [0.1, 0.15) is 246 Å². The maximum absolute atomic E-state index is 11.6. The molecule has 67 heavy (non-hydrogen) atoms. The van der Waals surface area contributed by atoms with Crippen LogP contribution in [0.15, 0.2) is 48.5 Å². The van der Waals surface area contributed by atoms with Gasteiger partial charge in [0.05, 0.1) is 0 Å². The molecule has 4 rings (SSSR count). The SMILES string of the molecule is C.CC(=O)c1cc(C(C)(C)C)c(O)c(C(C)(C)C)c1.CC(=O)c1cc(C(C)(C)C)c(O)c(C(C)(C)C)c1.CC(=O)c1cc(C)c(O)c(C(C)(C)C)c1.CC(=O)c1cc(C)c(O)c(C(C)(C)C)c1. The van der Waals surface area contributed by atoms with Crippen LogP contribution in [-0.2, 0) is 32.5 Å². The van der Waals surface area contributed by atoms with Crippen LogP contribution in [0.25, 0.3) is 0 Å². The smallest absolute Gasteiger partial charge is 0.159 e. The molecule has 0 radical (unpaired) electrons. The first-order chi connectivity index (χ1) is 29.3. The molecule has 0 bridgehead atoms. The number of aromatic hydroxyl groups is 4. The van der Waals surface area contributed by atoms with Gasteiger partial charge >= 0.3 is 0 Å². The Bertz CT molecular complexity index is 2180. The van der Waals surface area contributed by atoms with Crippen molar-refractivity contribution < 1.29 is 39.6 Å².